The minimum absolute atomic E-state index is 0.151. The number of benzene rings is 1. The average molecular weight is 470 g/mol. The van der Waals surface area contributed by atoms with E-state index in [0.717, 1.165) is 38.8 Å². The average Bonchev–Trinajstić information content (AvgIpc) is 2.74. The van der Waals surface area contributed by atoms with Crippen molar-refractivity contribution in [2.45, 2.75) is 62.0 Å². The molecular formula is C22H32ClN3O4S. The molecule has 2 saturated heterocycles. The van der Waals surface area contributed by atoms with E-state index in [0.29, 0.717) is 11.4 Å². The molecule has 2 heterocycles. The monoisotopic (exact) mass is 469 g/mol. The van der Waals surface area contributed by atoms with E-state index in [1.165, 1.54) is 22.7 Å². The molecule has 1 aromatic rings. The largest absolute Gasteiger partial charge is 0.418 e. The quantitative estimate of drug-likeness (QED) is 0.610. The molecule has 0 radical (unpaired) electrons. The Balaban J connectivity index is 1.67. The molecule has 1 aromatic carbocycles. The fourth-order valence-corrected chi connectivity index (χ4v) is 6.29. The Morgan fingerprint density at radius 2 is 1.81 bits per heavy atom. The number of sulfonamides is 1. The third kappa shape index (κ3) is 5.80. The number of carbonyl (C=O) groups excluding carboxylic acids is 1. The predicted molar refractivity (Wildman–Crippen MR) is 121 cm³/mol. The summed E-state index contributed by atoms with van der Waals surface area (Å²) in [6.45, 7) is 3.82. The smallest absolute Gasteiger partial charge is 0.414 e. The summed E-state index contributed by atoms with van der Waals surface area (Å²) in [5.41, 5.74) is 0. The van der Waals surface area contributed by atoms with E-state index in [-0.39, 0.29) is 23.0 Å². The molecule has 0 saturated carbocycles. The van der Waals surface area contributed by atoms with Gasteiger partial charge >= 0.3 is 6.09 Å². The summed E-state index contributed by atoms with van der Waals surface area (Å²) >= 11 is 5.92. The van der Waals surface area contributed by atoms with E-state index in [1.807, 2.05) is 6.92 Å². The van der Waals surface area contributed by atoms with Gasteiger partial charge in [-0.25, -0.2) is 13.2 Å². The van der Waals surface area contributed by atoms with Crippen LogP contribution >= 0.6 is 11.6 Å². The van der Waals surface area contributed by atoms with E-state index in [2.05, 4.69) is 11.9 Å². The summed E-state index contributed by atoms with van der Waals surface area (Å²) in [4.78, 5) is 16.6. The van der Waals surface area contributed by atoms with Crippen LogP contribution in [0.15, 0.2) is 41.5 Å². The predicted octanol–water partition coefficient (Wildman–Crippen LogP) is 3.95. The van der Waals surface area contributed by atoms with Gasteiger partial charge in [0.15, 0.2) is 0 Å². The maximum Gasteiger partial charge on any atom is 0.414 e. The fourth-order valence-electron chi connectivity index (χ4n) is 4.33. The summed E-state index contributed by atoms with van der Waals surface area (Å²) in [5, 5.41) is 0.489. The number of hydrogen-bond acceptors (Lipinski definition) is 5. The first-order valence-corrected chi connectivity index (χ1v) is 12.6. The maximum absolute atomic E-state index is 13.3. The van der Waals surface area contributed by atoms with E-state index >= 15 is 0 Å². The molecule has 2 fully saturated rings. The van der Waals surface area contributed by atoms with Gasteiger partial charge in [0, 0.05) is 30.2 Å². The molecule has 0 N–H and O–H groups in total. The molecule has 2 aliphatic heterocycles. The van der Waals surface area contributed by atoms with Gasteiger partial charge in [0.2, 0.25) is 10.0 Å². The second-order valence-corrected chi connectivity index (χ2v) is 10.8. The van der Waals surface area contributed by atoms with Crippen LogP contribution in [0.3, 0.4) is 0 Å². The lowest BCUT2D eigenvalue weighted by atomic mass is 10.00. The van der Waals surface area contributed by atoms with Gasteiger partial charge in [0.25, 0.3) is 0 Å². The van der Waals surface area contributed by atoms with E-state index in [4.69, 9.17) is 16.3 Å². The number of ether oxygens (including phenoxy) is 1. The summed E-state index contributed by atoms with van der Waals surface area (Å²) < 4.78 is 33.5. The van der Waals surface area contributed by atoms with Gasteiger partial charge < -0.3 is 14.5 Å². The topological polar surface area (TPSA) is 70.2 Å². The number of carbonyl (C=O) groups is 1. The third-order valence-electron chi connectivity index (χ3n) is 6.27. The minimum atomic E-state index is -3.70. The normalized spacial score (nSPS) is 24.4. The van der Waals surface area contributed by atoms with Crippen molar-refractivity contribution in [3.05, 3.63) is 41.6 Å². The van der Waals surface area contributed by atoms with Gasteiger partial charge in [-0.05, 0) is 89.5 Å². The Kier molecular flexibility index (Phi) is 8.02. The highest BCUT2D eigenvalue weighted by Crippen LogP contribution is 2.31. The van der Waals surface area contributed by atoms with Gasteiger partial charge in [-0.15, -0.1) is 0 Å². The Morgan fingerprint density at radius 3 is 2.45 bits per heavy atom. The highest BCUT2D eigenvalue weighted by molar-refractivity contribution is 7.89. The number of likely N-dealkylation sites (tertiary alicyclic amines) is 1. The standard InChI is InChI=1S/C22H32ClN3O4S/c1-17-5-4-6-20(26(17)31(28,29)21-9-7-18(23)8-10-21)13-16-30-22(27)25(3)19-11-14-24(2)15-12-19/h7-10,13,16-17,19-20H,4-6,11-12,14-15H2,1-3H3/b16-13+/t17-,20-/m1/s1. The Labute approximate surface area is 190 Å². The lowest BCUT2D eigenvalue weighted by Gasteiger charge is -2.38. The van der Waals surface area contributed by atoms with Crippen LogP contribution in [0.25, 0.3) is 0 Å². The molecule has 31 heavy (non-hydrogen) atoms. The molecule has 2 atom stereocenters. The molecule has 9 heteroatoms. The van der Waals surface area contributed by atoms with E-state index in [1.54, 1.807) is 30.2 Å². The molecule has 1 amide bonds. The molecular weight excluding hydrogens is 438 g/mol. The van der Waals surface area contributed by atoms with Crippen molar-refractivity contribution >= 4 is 27.7 Å². The number of hydrogen-bond donors (Lipinski definition) is 0. The summed E-state index contributed by atoms with van der Waals surface area (Å²) in [5.74, 6) is 0. The van der Waals surface area contributed by atoms with Crippen molar-refractivity contribution < 1.29 is 17.9 Å². The van der Waals surface area contributed by atoms with Crippen LogP contribution in [0.5, 0.6) is 0 Å². The van der Waals surface area contributed by atoms with E-state index in [9.17, 15) is 13.2 Å². The molecule has 7 nitrogen and oxygen atoms in total. The van der Waals surface area contributed by atoms with Crippen LogP contribution in [0, 0.1) is 0 Å². The van der Waals surface area contributed by atoms with Gasteiger partial charge in [-0.3, -0.25) is 0 Å². The second-order valence-electron chi connectivity index (χ2n) is 8.49. The zero-order valence-electron chi connectivity index (χ0n) is 18.4. The number of halogens is 1. The van der Waals surface area contributed by atoms with Crippen molar-refractivity contribution in [1.29, 1.82) is 0 Å². The molecule has 172 valence electrons. The first-order valence-electron chi connectivity index (χ1n) is 10.8. The number of nitrogens with zero attached hydrogens (tertiary/aromatic N) is 3. The minimum Gasteiger partial charge on any atom is -0.418 e. The maximum atomic E-state index is 13.3. The fraction of sp³-hybridized carbons (Fsp3) is 0.591. The first-order chi connectivity index (χ1) is 14.7. The zero-order chi connectivity index (χ0) is 22.6. The number of amides is 1. The molecule has 0 aliphatic carbocycles. The van der Waals surface area contributed by atoms with Crippen LogP contribution in [-0.4, -0.2) is 73.9 Å². The second kappa shape index (κ2) is 10.3. The van der Waals surface area contributed by atoms with Crippen molar-refractivity contribution in [2.24, 2.45) is 0 Å². The van der Waals surface area contributed by atoms with Gasteiger partial charge in [-0.2, -0.15) is 4.31 Å². The molecule has 2 aliphatic rings. The number of piperidine rings is 2. The van der Waals surface area contributed by atoms with Crippen molar-refractivity contribution in [1.82, 2.24) is 14.1 Å². The van der Waals surface area contributed by atoms with Crippen LogP contribution < -0.4 is 0 Å². The van der Waals surface area contributed by atoms with Crippen LogP contribution in [0.4, 0.5) is 4.79 Å². The summed E-state index contributed by atoms with van der Waals surface area (Å²) in [6, 6.07) is 5.84. The molecule has 3 rings (SSSR count). The highest BCUT2D eigenvalue weighted by Gasteiger charge is 2.37. The summed E-state index contributed by atoms with van der Waals surface area (Å²) in [6.07, 6.45) is 6.82. The third-order valence-corrected chi connectivity index (χ3v) is 8.57. The van der Waals surface area contributed by atoms with Crippen LogP contribution in [-0.2, 0) is 14.8 Å². The van der Waals surface area contributed by atoms with Crippen molar-refractivity contribution in [3.8, 4) is 0 Å². The summed E-state index contributed by atoms with van der Waals surface area (Å²) in [7, 11) is 0.133. The SMILES string of the molecule is C[C@@H]1CCC[C@H](/C=C/OC(=O)N(C)C2CCN(C)CC2)N1S(=O)(=O)c1ccc(Cl)cc1. The molecule has 0 bridgehead atoms. The lowest BCUT2D eigenvalue weighted by Crippen LogP contribution is -2.48. The van der Waals surface area contributed by atoms with Crippen LogP contribution in [0.1, 0.15) is 39.0 Å². The molecule has 0 spiro atoms. The van der Waals surface area contributed by atoms with Crippen LogP contribution in [0.2, 0.25) is 5.02 Å². The Bertz CT molecular complexity index is 883. The molecule has 0 unspecified atom stereocenters. The van der Waals surface area contributed by atoms with Gasteiger partial charge in [0.05, 0.1) is 11.2 Å². The van der Waals surface area contributed by atoms with Gasteiger partial charge in [0.1, 0.15) is 0 Å². The lowest BCUT2D eigenvalue weighted by molar-refractivity contribution is 0.106. The van der Waals surface area contributed by atoms with Crippen molar-refractivity contribution in [3.63, 3.8) is 0 Å². The Morgan fingerprint density at radius 1 is 1.16 bits per heavy atom. The zero-order valence-corrected chi connectivity index (χ0v) is 20.0. The van der Waals surface area contributed by atoms with E-state index < -0.39 is 16.1 Å². The number of rotatable bonds is 5. The molecule has 0 aromatic heterocycles. The first kappa shape index (κ1) is 24.0. The Hall–Kier alpha value is -1.61. The van der Waals surface area contributed by atoms with Crippen molar-refractivity contribution in [2.75, 3.05) is 27.2 Å². The van der Waals surface area contributed by atoms with Gasteiger partial charge in [-0.1, -0.05) is 11.6 Å². The highest BCUT2D eigenvalue weighted by atomic mass is 35.5.